The second-order valence-electron chi connectivity index (χ2n) is 8.10. The Morgan fingerprint density at radius 1 is 0.886 bits per heavy atom. The third-order valence-electron chi connectivity index (χ3n) is 5.76. The minimum Gasteiger partial charge on any atom is -0.353 e. The monoisotopic (exact) mass is 466 g/mol. The number of pyridine rings is 1. The molecule has 35 heavy (non-hydrogen) atoms. The summed E-state index contributed by atoms with van der Waals surface area (Å²) in [5.74, 6) is 7.43. The Labute approximate surface area is 202 Å². The van der Waals surface area contributed by atoms with Gasteiger partial charge >= 0.3 is 0 Å². The summed E-state index contributed by atoms with van der Waals surface area (Å²) < 4.78 is 14.9. The molecule has 0 radical (unpaired) electrons. The van der Waals surface area contributed by atoms with Crippen LogP contribution in [0.25, 0.3) is 11.4 Å². The quantitative estimate of drug-likeness (QED) is 0.432. The average molecular weight is 467 g/mol. The van der Waals surface area contributed by atoms with E-state index in [1.165, 1.54) is 16.8 Å². The number of carbonyl (C=O) groups is 1. The lowest BCUT2D eigenvalue weighted by atomic mass is 10.2. The van der Waals surface area contributed by atoms with Crippen molar-refractivity contribution in [2.75, 3.05) is 31.1 Å². The smallest absolute Gasteiger partial charge is 0.244 e. The zero-order chi connectivity index (χ0) is 24.0. The second kappa shape index (κ2) is 10.2. The second-order valence-corrected chi connectivity index (χ2v) is 8.10. The van der Waals surface area contributed by atoms with Gasteiger partial charge < -0.3 is 9.80 Å². The highest BCUT2D eigenvalue weighted by Gasteiger charge is 2.23. The molecule has 0 spiro atoms. The van der Waals surface area contributed by atoms with Gasteiger partial charge in [-0.2, -0.15) is 4.98 Å². The topological polar surface area (TPSA) is 67.2 Å². The van der Waals surface area contributed by atoms with Gasteiger partial charge in [0.2, 0.25) is 11.7 Å². The predicted octanol–water partition coefficient (Wildman–Crippen LogP) is 3.23. The van der Waals surface area contributed by atoms with Gasteiger partial charge in [0, 0.05) is 43.5 Å². The predicted molar refractivity (Wildman–Crippen MR) is 131 cm³/mol. The van der Waals surface area contributed by atoms with Crippen LogP contribution in [0.4, 0.5) is 10.2 Å². The number of anilines is 1. The fourth-order valence-corrected chi connectivity index (χ4v) is 3.87. The van der Waals surface area contributed by atoms with Crippen molar-refractivity contribution < 1.29 is 9.18 Å². The first-order valence-corrected chi connectivity index (χ1v) is 11.4. The molecule has 3 heterocycles. The van der Waals surface area contributed by atoms with E-state index in [4.69, 9.17) is 0 Å². The highest BCUT2D eigenvalue weighted by atomic mass is 19.1. The molecule has 0 N–H and O–H groups in total. The number of carbonyl (C=O) groups excluding carboxylic acids is 1. The van der Waals surface area contributed by atoms with Crippen molar-refractivity contribution in [2.45, 2.75) is 6.54 Å². The van der Waals surface area contributed by atoms with Crippen molar-refractivity contribution in [3.05, 3.63) is 96.2 Å². The Hall–Kier alpha value is -4.51. The Bertz CT molecular complexity index is 1350. The Kier molecular flexibility index (Phi) is 6.48. The molecule has 1 aliphatic heterocycles. The maximum atomic E-state index is 13.4. The van der Waals surface area contributed by atoms with Gasteiger partial charge in [0.25, 0.3) is 0 Å². The van der Waals surface area contributed by atoms with E-state index < -0.39 is 0 Å². The summed E-state index contributed by atoms with van der Waals surface area (Å²) >= 11 is 0. The first-order chi connectivity index (χ1) is 17.2. The lowest BCUT2D eigenvalue weighted by Crippen LogP contribution is -2.50. The number of halogens is 1. The van der Waals surface area contributed by atoms with Gasteiger partial charge in [0.15, 0.2) is 5.82 Å². The minimum atomic E-state index is -0.336. The van der Waals surface area contributed by atoms with Crippen LogP contribution in [0.2, 0.25) is 0 Å². The van der Waals surface area contributed by atoms with Crippen LogP contribution in [0.1, 0.15) is 11.4 Å². The number of rotatable bonds is 4. The minimum absolute atomic E-state index is 0.0244. The lowest BCUT2D eigenvalue weighted by molar-refractivity contribution is -0.132. The molecule has 0 bridgehead atoms. The third-order valence-corrected chi connectivity index (χ3v) is 5.76. The van der Waals surface area contributed by atoms with Crippen LogP contribution < -0.4 is 4.90 Å². The normalized spacial score (nSPS) is 13.3. The number of nitrogens with zero attached hydrogens (tertiary/aromatic N) is 6. The molecule has 1 saturated heterocycles. The molecule has 0 aliphatic carbocycles. The maximum Gasteiger partial charge on any atom is 0.244 e. The molecular formula is C27H23FN6O. The van der Waals surface area contributed by atoms with E-state index in [2.05, 4.69) is 31.8 Å². The molecule has 0 unspecified atom stereocenters. The van der Waals surface area contributed by atoms with Crippen molar-refractivity contribution in [3.8, 4) is 23.2 Å². The fraction of sp³-hybridized carbons (Fsp3) is 0.185. The number of hydrogen-bond acceptors (Lipinski definition) is 5. The van der Waals surface area contributed by atoms with Gasteiger partial charge in [-0.25, -0.2) is 14.1 Å². The standard InChI is InChI=1S/C27H23FN6O/c28-23-12-10-22(11-13-23)27-30-25(14-9-21-6-2-1-3-7-21)34(31-27)20-26(35)33-18-16-32(17-19-33)24-8-4-5-15-29-24/h1-8,10-13,15H,16-20H2. The van der Waals surface area contributed by atoms with Crippen LogP contribution in [0.3, 0.4) is 0 Å². The summed E-state index contributed by atoms with van der Waals surface area (Å²) in [6, 6.07) is 21.3. The Morgan fingerprint density at radius 2 is 1.63 bits per heavy atom. The van der Waals surface area contributed by atoms with Crippen LogP contribution in [0.5, 0.6) is 0 Å². The van der Waals surface area contributed by atoms with Gasteiger partial charge in [-0.1, -0.05) is 30.2 Å². The van der Waals surface area contributed by atoms with Gasteiger partial charge in [-0.15, -0.1) is 5.10 Å². The van der Waals surface area contributed by atoms with E-state index in [-0.39, 0.29) is 18.3 Å². The zero-order valence-corrected chi connectivity index (χ0v) is 19.0. The molecule has 2 aromatic heterocycles. The molecular weight excluding hydrogens is 443 g/mol. The maximum absolute atomic E-state index is 13.4. The highest BCUT2D eigenvalue weighted by molar-refractivity contribution is 5.76. The number of aromatic nitrogens is 4. The lowest BCUT2D eigenvalue weighted by Gasteiger charge is -2.35. The first-order valence-electron chi connectivity index (χ1n) is 11.4. The Balaban J connectivity index is 1.34. The van der Waals surface area contributed by atoms with Crippen molar-refractivity contribution in [1.29, 1.82) is 0 Å². The molecule has 7 nitrogen and oxygen atoms in total. The molecule has 5 rings (SSSR count). The van der Waals surface area contributed by atoms with E-state index in [0.29, 0.717) is 43.4 Å². The van der Waals surface area contributed by atoms with Crippen LogP contribution in [-0.4, -0.2) is 56.7 Å². The largest absolute Gasteiger partial charge is 0.353 e. The number of piperazine rings is 1. The fourth-order valence-electron chi connectivity index (χ4n) is 3.87. The van der Waals surface area contributed by atoms with Gasteiger partial charge in [0.1, 0.15) is 18.2 Å². The van der Waals surface area contributed by atoms with E-state index in [1.807, 2.05) is 53.4 Å². The summed E-state index contributed by atoms with van der Waals surface area (Å²) in [7, 11) is 0. The SMILES string of the molecule is O=C(Cn1nc(-c2ccc(F)cc2)nc1C#Cc1ccccc1)N1CCN(c2ccccn2)CC1. The summed E-state index contributed by atoms with van der Waals surface area (Å²) in [6.07, 6.45) is 1.77. The van der Waals surface area contributed by atoms with Crippen molar-refractivity contribution in [2.24, 2.45) is 0 Å². The van der Waals surface area contributed by atoms with Crippen molar-refractivity contribution in [3.63, 3.8) is 0 Å². The van der Waals surface area contributed by atoms with E-state index in [9.17, 15) is 9.18 Å². The Morgan fingerprint density at radius 3 is 2.34 bits per heavy atom. The van der Waals surface area contributed by atoms with Crippen molar-refractivity contribution in [1.82, 2.24) is 24.6 Å². The molecule has 0 atom stereocenters. The molecule has 0 saturated carbocycles. The van der Waals surface area contributed by atoms with Gasteiger partial charge in [-0.3, -0.25) is 4.79 Å². The van der Waals surface area contributed by atoms with E-state index in [0.717, 1.165) is 11.4 Å². The van der Waals surface area contributed by atoms with Crippen LogP contribution in [0.15, 0.2) is 79.0 Å². The number of hydrogen-bond donors (Lipinski definition) is 0. The molecule has 1 fully saturated rings. The molecule has 1 aliphatic rings. The number of amides is 1. The van der Waals surface area contributed by atoms with Crippen LogP contribution in [0, 0.1) is 17.7 Å². The summed E-state index contributed by atoms with van der Waals surface area (Å²) in [5, 5.41) is 4.53. The summed E-state index contributed by atoms with van der Waals surface area (Å²) in [5.41, 5.74) is 1.49. The van der Waals surface area contributed by atoms with Gasteiger partial charge in [0.05, 0.1) is 0 Å². The number of benzene rings is 2. The molecule has 1 amide bonds. The third kappa shape index (κ3) is 5.36. The van der Waals surface area contributed by atoms with Crippen LogP contribution in [-0.2, 0) is 11.3 Å². The molecule has 8 heteroatoms. The summed E-state index contributed by atoms with van der Waals surface area (Å²) in [6.45, 7) is 2.64. The van der Waals surface area contributed by atoms with E-state index >= 15 is 0 Å². The summed E-state index contributed by atoms with van der Waals surface area (Å²) in [4.78, 5) is 26.1. The van der Waals surface area contributed by atoms with E-state index in [1.54, 1.807) is 18.3 Å². The highest BCUT2D eigenvalue weighted by Crippen LogP contribution is 2.17. The molecule has 174 valence electrons. The van der Waals surface area contributed by atoms with Gasteiger partial charge in [-0.05, 0) is 54.5 Å². The molecule has 2 aromatic carbocycles. The van der Waals surface area contributed by atoms with Crippen molar-refractivity contribution >= 4 is 11.7 Å². The molecule has 4 aromatic rings. The zero-order valence-electron chi connectivity index (χ0n) is 19.0. The average Bonchev–Trinajstić information content (AvgIpc) is 3.31. The first kappa shape index (κ1) is 22.3. The van der Waals surface area contributed by atoms with Crippen LogP contribution >= 0.6 is 0 Å².